The second-order valence-corrected chi connectivity index (χ2v) is 7.17. The SMILES string of the molecule is CCSC1(c2nc3cc(C(F)(F)F)ncc3n2C)C=C(Cl)C=CN1. The smallest absolute Gasteiger partial charge is 0.367 e. The van der Waals surface area contributed by atoms with Crippen LogP contribution in [0.5, 0.6) is 0 Å². The average molecular weight is 375 g/mol. The Morgan fingerprint density at radius 1 is 1.42 bits per heavy atom. The summed E-state index contributed by atoms with van der Waals surface area (Å²) in [6.45, 7) is 1.99. The Labute approximate surface area is 145 Å². The Morgan fingerprint density at radius 2 is 2.17 bits per heavy atom. The van der Waals surface area contributed by atoms with Crippen molar-refractivity contribution in [3.05, 3.63) is 47.2 Å². The molecule has 0 spiro atoms. The predicted octanol–water partition coefficient (Wildman–Crippen LogP) is 4.13. The molecule has 0 fully saturated rings. The third-order valence-electron chi connectivity index (χ3n) is 3.64. The van der Waals surface area contributed by atoms with Crippen molar-refractivity contribution in [3.63, 3.8) is 0 Å². The summed E-state index contributed by atoms with van der Waals surface area (Å²) in [6.07, 6.45) is 1.92. The Balaban J connectivity index is 2.18. The highest BCUT2D eigenvalue weighted by molar-refractivity contribution is 8.00. The van der Waals surface area contributed by atoms with Gasteiger partial charge in [0, 0.05) is 12.1 Å². The normalized spacial score (nSPS) is 21.0. The third-order valence-corrected chi connectivity index (χ3v) is 5.04. The predicted molar refractivity (Wildman–Crippen MR) is 89.5 cm³/mol. The molecule has 0 amide bonds. The van der Waals surface area contributed by atoms with Crippen LogP contribution < -0.4 is 5.32 Å². The minimum atomic E-state index is -4.50. The summed E-state index contributed by atoms with van der Waals surface area (Å²) in [4.78, 5) is 7.21. The molecule has 1 aliphatic heterocycles. The number of hydrogen-bond acceptors (Lipinski definition) is 4. The van der Waals surface area contributed by atoms with Crippen molar-refractivity contribution in [3.8, 4) is 0 Å². The summed E-state index contributed by atoms with van der Waals surface area (Å²) in [6, 6.07) is 0.965. The molecule has 0 saturated carbocycles. The zero-order chi connectivity index (χ0) is 17.5. The summed E-state index contributed by atoms with van der Waals surface area (Å²) < 4.78 is 40.4. The maximum atomic E-state index is 12.9. The fourth-order valence-electron chi connectivity index (χ4n) is 2.61. The molecule has 3 rings (SSSR count). The molecule has 0 aromatic carbocycles. The van der Waals surface area contributed by atoms with Gasteiger partial charge in [-0.15, -0.1) is 11.8 Å². The van der Waals surface area contributed by atoms with Gasteiger partial charge >= 0.3 is 6.18 Å². The van der Waals surface area contributed by atoms with E-state index in [1.54, 1.807) is 35.7 Å². The van der Waals surface area contributed by atoms with E-state index < -0.39 is 16.7 Å². The molecule has 0 saturated heterocycles. The molecule has 1 aliphatic rings. The van der Waals surface area contributed by atoms with Crippen LogP contribution in [0.25, 0.3) is 11.0 Å². The number of pyridine rings is 1. The van der Waals surface area contributed by atoms with Crippen LogP contribution in [-0.2, 0) is 18.1 Å². The number of dihydropyridines is 1. The fraction of sp³-hybridized carbons (Fsp3) is 0.333. The second-order valence-electron chi connectivity index (χ2n) is 5.23. The number of allylic oxidation sites excluding steroid dienone is 2. The van der Waals surface area contributed by atoms with E-state index in [0.717, 1.165) is 11.8 Å². The Hall–Kier alpha value is -1.67. The molecular formula is C15H14ClF3N4S. The first-order chi connectivity index (χ1) is 11.3. The zero-order valence-corrected chi connectivity index (χ0v) is 14.4. The van der Waals surface area contributed by atoms with E-state index in [-0.39, 0.29) is 5.52 Å². The number of nitrogens with zero attached hydrogens (tertiary/aromatic N) is 3. The van der Waals surface area contributed by atoms with Gasteiger partial charge in [0.2, 0.25) is 0 Å². The number of imidazole rings is 1. The first kappa shape index (κ1) is 17.2. The first-order valence-corrected chi connectivity index (χ1v) is 8.50. The van der Waals surface area contributed by atoms with Gasteiger partial charge in [-0.25, -0.2) is 9.97 Å². The highest BCUT2D eigenvalue weighted by Gasteiger charge is 2.37. The second kappa shape index (κ2) is 6.00. The lowest BCUT2D eigenvalue weighted by atomic mass is 10.2. The van der Waals surface area contributed by atoms with Gasteiger partial charge in [0.25, 0.3) is 0 Å². The van der Waals surface area contributed by atoms with Gasteiger partial charge in [-0.2, -0.15) is 13.2 Å². The van der Waals surface area contributed by atoms with Crippen LogP contribution in [0, 0.1) is 0 Å². The van der Waals surface area contributed by atoms with Gasteiger partial charge in [0.15, 0.2) is 4.87 Å². The molecule has 1 N–H and O–H groups in total. The van der Waals surface area contributed by atoms with Crippen LogP contribution in [0.4, 0.5) is 13.2 Å². The molecular weight excluding hydrogens is 361 g/mol. The van der Waals surface area contributed by atoms with Crippen LogP contribution in [-0.4, -0.2) is 20.3 Å². The minimum absolute atomic E-state index is 0.242. The van der Waals surface area contributed by atoms with Crippen molar-refractivity contribution in [2.24, 2.45) is 7.05 Å². The van der Waals surface area contributed by atoms with Crippen molar-refractivity contribution in [1.82, 2.24) is 19.9 Å². The van der Waals surface area contributed by atoms with Gasteiger partial charge in [-0.1, -0.05) is 18.5 Å². The van der Waals surface area contributed by atoms with E-state index >= 15 is 0 Å². The van der Waals surface area contributed by atoms with E-state index in [0.29, 0.717) is 16.4 Å². The number of fused-ring (bicyclic) bond motifs is 1. The molecule has 2 aromatic heterocycles. The number of aromatic nitrogens is 3. The van der Waals surface area contributed by atoms with Crippen LogP contribution in [0.1, 0.15) is 18.4 Å². The van der Waals surface area contributed by atoms with E-state index in [2.05, 4.69) is 15.3 Å². The lowest BCUT2D eigenvalue weighted by Crippen LogP contribution is -2.38. The summed E-state index contributed by atoms with van der Waals surface area (Å²) >= 11 is 7.69. The molecule has 0 radical (unpaired) electrons. The topological polar surface area (TPSA) is 42.7 Å². The van der Waals surface area contributed by atoms with Crippen LogP contribution >= 0.6 is 23.4 Å². The lowest BCUT2D eigenvalue weighted by molar-refractivity contribution is -0.141. The fourth-order valence-corrected chi connectivity index (χ4v) is 4.03. The molecule has 0 aliphatic carbocycles. The Morgan fingerprint density at radius 3 is 2.79 bits per heavy atom. The zero-order valence-electron chi connectivity index (χ0n) is 12.9. The molecule has 24 heavy (non-hydrogen) atoms. The van der Waals surface area contributed by atoms with Crippen molar-refractivity contribution >= 4 is 34.4 Å². The molecule has 0 bridgehead atoms. The number of thioether (sulfide) groups is 1. The number of hydrogen-bond donors (Lipinski definition) is 1. The number of rotatable bonds is 3. The monoisotopic (exact) mass is 374 g/mol. The Bertz CT molecular complexity index is 843. The molecule has 9 heteroatoms. The third kappa shape index (κ3) is 2.88. The molecule has 2 aromatic rings. The molecule has 1 atom stereocenters. The number of aryl methyl sites for hydroxylation is 1. The van der Waals surface area contributed by atoms with E-state index in [4.69, 9.17) is 11.6 Å². The summed E-state index contributed by atoms with van der Waals surface area (Å²) in [5.41, 5.74) is -0.191. The molecule has 3 heterocycles. The maximum absolute atomic E-state index is 12.9. The highest BCUT2D eigenvalue weighted by Crippen LogP contribution is 2.39. The van der Waals surface area contributed by atoms with Crippen molar-refractivity contribution in [2.45, 2.75) is 18.0 Å². The molecule has 1 unspecified atom stereocenters. The molecule has 128 valence electrons. The van der Waals surface area contributed by atoms with Gasteiger partial charge < -0.3 is 9.88 Å². The summed E-state index contributed by atoms with van der Waals surface area (Å²) in [5, 5.41) is 3.76. The molecule has 4 nitrogen and oxygen atoms in total. The van der Waals surface area contributed by atoms with Crippen LogP contribution in [0.15, 0.2) is 35.6 Å². The highest BCUT2D eigenvalue weighted by atomic mass is 35.5. The van der Waals surface area contributed by atoms with Crippen molar-refractivity contribution in [2.75, 3.05) is 5.75 Å². The van der Waals surface area contributed by atoms with Crippen LogP contribution in [0.3, 0.4) is 0 Å². The van der Waals surface area contributed by atoms with Gasteiger partial charge in [0.1, 0.15) is 11.5 Å². The largest absolute Gasteiger partial charge is 0.433 e. The quantitative estimate of drug-likeness (QED) is 0.877. The standard InChI is InChI=1S/C15H14ClF3N4S/c1-3-24-14(7-9(16)4-5-21-14)13-22-10-6-12(15(17,18)19)20-8-11(10)23(13)2/h4-8,21H,3H2,1-2H3. The number of halogens is 4. The first-order valence-electron chi connectivity index (χ1n) is 7.13. The number of nitrogens with one attached hydrogen (secondary N) is 1. The van der Waals surface area contributed by atoms with Crippen molar-refractivity contribution in [1.29, 1.82) is 0 Å². The van der Waals surface area contributed by atoms with E-state index in [1.807, 2.05) is 13.0 Å². The van der Waals surface area contributed by atoms with E-state index in [1.165, 1.54) is 6.20 Å². The maximum Gasteiger partial charge on any atom is 0.433 e. The van der Waals surface area contributed by atoms with Gasteiger partial charge in [-0.3, -0.25) is 0 Å². The lowest BCUT2D eigenvalue weighted by Gasteiger charge is -2.32. The van der Waals surface area contributed by atoms with Crippen LogP contribution in [0.2, 0.25) is 0 Å². The summed E-state index contributed by atoms with van der Waals surface area (Å²) in [5.74, 6) is 1.32. The van der Waals surface area contributed by atoms with E-state index in [9.17, 15) is 13.2 Å². The minimum Gasteiger partial charge on any atom is -0.367 e. The van der Waals surface area contributed by atoms with Crippen molar-refractivity contribution < 1.29 is 13.2 Å². The number of alkyl halides is 3. The summed E-state index contributed by atoms with van der Waals surface area (Å²) in [7, 11) is 1.75. The van der Waals surface area contributed by atoms with Gasteiger partial charge in [-0.05, 0) is 30.2 Å². The Kier molecular flexibility index (Phi) is 4.29. The van der Waals surface area contributed by atoms with Gasteiger partial charge in [0.05, 0.1) is 17.2 Å². The average Bonchev–Trinajstić information content (AvgIpc) is 2.84.